The molecule has 0 fully saturated rings. The quantitative estimate of drug-likeness (QED) is 0.586. The number of alkyl halides is 3. The van der Waals surface area contributed by atoms with Gasteiger partial charge in [0.05, 0.1) is 23.4 Å². The molecule has 11 heteroatoms. The first-order valence-electron chi connectivity index (χ1n) is 8.29. The summed E-state index contributed by atoms with van der Waals surface area (Å²) in [5.41, 5.74) is 0.843. The molecule has 1 aliphatic rings. The number of carbonyl (C=O) groups excluding carboxylic acids is 1. The average Bonchev–Trinajstić information content (AvgIpc) is 3.31. The summed E-state index contributed by atoms with van der Waals surface area (Å²) in [6, 6.07) is 4.29. The van der Waals surface area contributed by atoms with Crippen molar-refractivity contribution in [3.63, 3.8) is 0 Å². The van der Waals surface area contributed by atoms with Gasteiger partial charge in [-0.1, -0.05) is 7.43 Å². The Morgan fingerprint density at radius 1 is 1.23 bits per heavy atom. The maximum atomic E-state index is 13.1. The predicted molar refractivity (Wildman–Crippen MR) is 111 cm³/mol. The molecule has 0 saturated heterocycles. The molecule has 1 atom stereocenters. The number of nitrogens with zero attached hydrogens (tertiary/aromatic N) is 5. The fourth-order valence-corrected chi connectivity index (χ4v) is 3.22. The van der Waals surface area contributed by atoms with Gasteiger partial charge in [-0.05, 0) is 31.2 Å². The minimum absolute atomic E-state index is 0. The summed E-state index contributed by atoms with van der Waals surface area (Å²) in [6.07, 6.45) is -1.48. The van der Waals surface area contributed by atoms with Crippen LogP contribution in [-0.4, -0.2) is 32.2 Å². The highest BCUT2D eigenvalue weighted by atomic mass is 32.1. The summed E-state index contributed by atoms with van der Waals surface area (Å²) in [6.45, 7) is 9.14. The van der Waals surface area contributed by atoms with Crippen molar-refractivity contribution in [2.75, 3.05) is 11.4 Å². The monoisotopic (exact) mass is 436 g/mol. The molecule has 7 nitrogen and oxygen atoms in total. The number of halogens is 3. The van der Waals surface area contributed by atoms with E-state index in [0.29, 0.717) is 22.6 Å². The van der Waals surface area contributed by atoms with Crippen LogP contribution < -0.4 is 4.90 Å². The standard InChI is InChI=1S/C18H13F3N6O.CH4.H2S/c1-10-9-26(12-5-3-11(4-6-12)18(19,20)21)16(28)15-13(7-24-27(10)15)14-8-23-17(22-2)25-14;;/h3-8,10H,9H2,1H3,(H,23,25);1H4;1H2/t10-;;/m0../s1. The second-order valence-corrected chi connectivity index (χ2v) is 6.39. The molecule has 1 aromatic carbocycles. The van der Waals surface area contributed by atoms with Crippen LogP contribution >= 0.6 is 13.5 Å². The lowest BCUT2D eigenvalue weighted by Crippen LogP contribution is -2.42. The lowest BCUT2D eigenvalue weighted by atomic mass is 10.1. The average molecular weight is 436 g/mol. The zero-order valence-corrected chi connectivity index (χ0v) is 16.0. The summed E-state index contributed by atoms with van der Waals surface area (Å²) < 4.78 is 40.0. The van der Waals surface area contributed by atoms with E-state index in [1.807, 2.05) is 6.92 Å². The predicted octanol–water partition coefficient (Wildman–Crippen LogP) is 4.81. The van der Waals surface area contributed by atoms with E-state index in [4.69, 9.17) is 6.57 Å². The zero-order chi connectivity index (χ0) is 20.1. The SMILES string of the molecule is C.S.[C-]#[N+]c1ncc(-c2cnn3c2C(=O)N(c2ccc(C(F)(F)F)cc2)C[C@@H]3C)[nH]1. The van der Waals surface area contributed by atoms with Gasteiger partial charge in [0.15, 0.2) is 0 Å². The Hall–Kier alpha value is -3.26. The van der Waals surface area contributed by atoms with Gasteiger partial charge in [-0.3, -0.25) is 9.48 Å². The van der Waals surface area contributed by atoms with Crippen LogP contribution in [0.5, 0.6) is 0 Å². The van der Waals surface area contributed by atoms with Gasteiger partial charge < -0.3 is 14.7 Å². The maximum Gasteiger partial charge on any atom is 0.416 e. The number of hydrogen-bond acceptors (Lipinski definition) is 3. The molecule has 0 radical (unpaired) electrons. The number of H-pyrrole nitrogens is 1. The molecular formula is C19H19F3N6OS. The lowest BCUT2D eigenvalue weighted by molar-refractivity contribution is -0.137. The molecule has 2 aromatic heterocycles. The Morgan fingerprint density at radius 3 is 2.47 bits per heavy atom. The van der Waals surface area contributed by atoms with Crippen molar-refractivity contribution >= 4 is 31.0 Å². The van der Waals surface area contributed by atoms with Crippen molar-refractivity contribution in [1.82, 2.24) is 19.7 Å². The van der Waals surface area contributed by atoms with E-state index in [1.165, 1.54) is 29.4 Å². The number of imidazole rings is 1. The smallest absolute Gasteiger partial charge is 0.397 e. The normalized spacial score (nSPS) is 15.6. The molecule has 0 spiro atoms. The molecule has 3 aromatic rings. The number of fused-ring (bicyclic) bond motifs is 1. The molecule has 3 heterocycles. The van der Waals surface area contributed by atoms with Crippen molar-refractivity contribution in [2.45, 2.75) is 26.6 Å². The third-order valence-corrected chi connectivity index (χ3v) is 4.57. The van der Waals surface area contributed by atoms with Gasteiger partial charge in [-0.15, -0.1) is 6.57 Å². The zero-order valence-electron chi connectivity index (χ0n) is 15.0. The summed E-state index contributed by atoms with van der Waals surface area (Å²) >= 11 is 0. The Morgan fingerprint density at radius 2 is 1.90 bits per heavy atom. The number of hydrogen-bond donors (Lipinski definition) is 1. The summed E-state index contributed by atoms with van der Waals surface area (Å²) in [7, 11) is 0. The molecule has 0 unspecified atom stereocenters. The Balaban J connectivity index is 0.00000160. The minimum Gasteiger partial charge on any atom is -0.397 e. The number of rotatable bonds is 2. The van der Waals surface area contributed by atoms with E-state index in [2.05, 4.69) is 19.9 Å². The van der Waals surface area contributed by atoms with Crippen LogP contribution in [0.15, 0.2) is 36.7 Å². The van der Waals surface area contributed by atoms with Crippen LogP contribution in [0.25, 0.3) is 16.1 Å². The minimum atomic E-state index is -4.44. The van der Waals surface area contributed by atoms with Crippen LogP contribution in [0.2, 0.25) is 0 Å². The number of aromatic amines is 1. The summed E-state index contributed by atoms with van der Waals surface area (Å²) in [5, 5.41) is 4.27. The van der Waals surface area contributed by atoms with Crippen molar-refractivity contribution in [1.29, 1.82) is 0 Å². The topological polar surface area (TPSA) is 71.2 Å². The molecule has 4 rings (SSSR count). The van der Waals surface area contributed by atoms with Crippen LogP contribution in [0.3, 0.4) is 0 Å². The molecule has 158 valence electrons. The molecule has 0 saturated carbocycles. The highest BCUT2D eigenvalue weighted by molar-refractivity contribution is 7.59. The molecule has 1 amide bonds. The number of nitrogens with one attached hydrogen (secondary N) is 1. The fraction of sp³-hybridized carbons (Fsp3) is 0.263. The van der Waals surface area contributed by atoms with Crippen LogP contribution in [-0.2, 0) is 6.18 Å². The van der Waals surface area contributed by atoms with Crippen LogP contribution in [0.4, 0.5) is 24.8 Å². The Bertz CT molecular complexity index is 1100. The summed E-state index contributed by atoms with van der Waals surface area (Å²) in [5.74, 6) is -0.296. The van der Waals surface area contributed by atoms with Gasteiger partial charge in [-0.2, -0.15) is 36.7 Å². The van der Waals surface area contributed by atoms with Gasteiger partial charge in [0.2, 0.25) is 0 Å². The van der Waals surface area contributed by atoms with Gasteiger partial charge in [0, 0.05) is 12.2 Å². The number of aromatic nitrogens is 4. The van der Waals surface area contributed by atoms with E-state index in [9.17, 15) is 18.0 Å². The van der Waals surface area contributed by atoms with Crippen molar-refractivity contribution in [3.05, 3.63) is 59.3 Å². The molecular weight excluding hydrogens is 417 g/mol. The van der Waals surface area contributed by atoms with E-state index < -0.39 is 11.7 Å². The first-order chi connectivity index (χ1) is 13.3. The maximum absolute atomic E-state index is 13.1. The van der Waals surface area contributed by atoms with E-state index in [1.54, 1.807) is 4.68 Å². The van der Waals surface area contributed by atoms with E-state index in [0.717, 1.165) is 12.1 Å². The third-order valence-electron chi connectivity index (χ3n) is 4.57. The van der Waals surface area contributed by atoms with Crippen molar-refractivity contribution in [2.24, 2.45) is 0 Å². The highest BCUT2D eigenvalue weighted by Crippen LogP contribution is 2.34. The Labute approximate surface area is 177 Å². The van der Waals surface area contributed by atoms with E-state index in [-0.39, 0.29) is 45.4 Å². The van der Waals surface area contributed by atoms with Gasteiger partial charge >= 0.3 is 12.1 Å². The highest BCUT2D eigenvalue weighted by Gasteiger charge is 2.35. The molecule has 0 aliphatic carbocycles. The van der Waals surface area contributed by atoms with Crippen LogP contribution in [0.1, 0.15) is 36.4 Å². The number of carbonyl (C=O) groups is 1. The number of benzene rings is 1. The largest absolute Gasteiger partial charge is 0.416 e. The van der Waals surface area contributed by atoms with E-state index >= 15 is 0 Å². The third kappa shape index (κ3) is 3.78. The molecule has 0 bridgehead atoms. The van der Waals surface area contributed by atoms with Gasteiger partial charge in [0.25, 0.3) is 5.91 Å². The van der Waals surface area contributed by atoms with Gasteiger partial charge in [-0.25, -0.2) is 0 Å². The fourth-order valence-electron chi connectivity index (χ4n) is 3.22. The Kier molecular flexibility index (Phi) is 6.32. The van der Waals surface area contributed by atoms with Crippen molar-refractivity contribution in [3.8, 4) is 11.3 Å². The first-order valence-corrected chi connectivity index (χ1v) is 8.29. The molecule has 1 aliphatic heterocycles. The first kappa shape index (κ1) is 23.0. The lowest BCUT2D eigenvalue weighted by Gasteiger charge is -2.32. The van der Waals surface area contributed by atoms with Crippen molar-refractivity contribution < 1.29 is 18.0 Å². The molecule has 1 N–H and O–H groups in total. The second kappa shape index (κ2) is 8.23. The summed E-state index contributed by atoms with van der Waals surface area (Å²) in [4.78, 5) is 24.5. The number of anilines is 1. The molecule has 30 heavy (non-hydrogen) atoms. The van der Waals surface area contributed by atoms with Gasteiger partial charge in [0.1, 0.15) is 17.6 Å². The van der Waals surface area contributed by atoms with Crippen LogP contribution in [0, 0.1) is 6.57 Å². The number of amides is 1. The second-order valence-electron chi connectivity index (χ2n) is 6.39.